The summed E-state index contributed by atoms with van der Waals surface area (Å²) in [5.74, 6) is 0.481. The number of rotatable bonds is 6. The number of aromatic nitrogens is 2. The van der Waals surface area contributed by atoms with Gasteiger partial charge in [0.05, 0.1) is 22.6 Å². The van der Waals surface area contributed by atoms with Crippen molar-refractivity contribution < 1.29 is 4.79 Å². The molecule has 6 heteroatoms. The minimum absolute atomic E-state index is 0.0879. The molecule has 0 radical (unpaired) electrons. The molecule has 0 bridgehead atoms. The molecule has 33 heavy (non-hydrogen) atoms. The van der Waals surface area contributed by atoms with E-state index in [1.165, 1.54) is 0 Å². The molecular formula is C27H26BrN3O2. The highest BCUT2D eigenvalue weighted by Gasteiger charge is 2.28. The first kappa shape index (κ1) is 22.9. The number of benzene rings is 3. The first-order chi connectivity index (χ1) is 15.9. The van der Waals surface area contributed by atoms with Gasteiger partial charge in [-0.05, 0) is 74.4 Å². The van der Waals surface area contributed by atoms with Gasteiger partial charge in [-0.15, -0.1) is 0 Å². The third-order valence-electron chi connectivity index (χ3n) is 5.82. The number of fused-ring (bicyclic) bond motifs is 1. The Morgan fingerprint density at radius 1 is 1.03 bits per heavy atom. The van der Waals surface area contributed by atoms with Crippen LogP contribution in [0, 0.1) is 6.92 Å². The molecule has 1 unspecified atom stereocenters. The van der Waals surface area contributed by atoms with Crippen LogP contribution in [-0.4, -0.2) is 26.9 Å². The van der Waals surface area contributed by atoms with E-state index in [2.05, 4.69) is 15.9 Å². The van der Waals surface area contributed by atoms with Crippen LogP contribution >= 0.6 is 15.9 Å². The van der Waals surface area contributed by atoms with E-state index >= 15 is 0 Å². The topological polar surface area (TPSA) is 55.2 Å². The molecule has 4 rings (SSSR count). The van der Waals surface area contributed by atoms with Crippen LogP contribution in [0.25, 0.3) is 16.6 Å². The van der Waals surface area contributed by atoms with Crippen LogP contribution in [0.3, 0.4) is 0 Å². The van der Waals surface area contributed by atoms with Gasteiger partial charge in [0.1, 0.15) is 5.82 Å². The number of nitrogens with zero attached hydrogens (tertiary/aromatic N) is 3. The summed E-state index contributed by atoms with van der Waals surface area (Å²) < 4.78 is 2.58. The third kappa shape index (κ3) is 4.48. The summed E-state index contributed by atoms with van der Waals surface area (Å²) in [5.41, 5.74) is 2.89. The van der Waals surface area contributed by atoms with E-state index in [9.17, 15) is 9.59 Å². The number of hydrogen-bond donors (Lipinski definition) is 0. The second-order valence-electron chi connectivity index (χ2n) is 7.99. The van der Waals surface area contributed by atoms with E-state index in [4.69, 9.17) is 4.98 Å². The molecule has 1 aromatic heterocycles. The zero-order chi connectivity index (χ0) is 23.5. The Hall–Kier alpha value is -3.25. The van der Waals surface area contributed by atoms with Crippen molar-refractivity contribution >= 4 is 32.7 Å². The maximum Gasteiger partial charge on any atom is 0.266 e. The fourth-order valence-electron chi connectivity index (χ4n) is 4.20. The number of carbonyl (C=O) groups excluding carboxylic acids is 1. The lowest BCUT2D eigenvalue weighted by Crippen LogP contribution is -2.38. The Morgan fingerprint density at radius 2 is 1.76 bits per heavy atom. The van der Waals surface area contributed by atoms with E-state index in [0.29, 0.717) is 35.3 Å². The van der Waals surface area contributed by atoms with Gasteiger partial charge in [0.2, 0.25) is 0 Å². The Morgan fingerprint density at radius 3 is 2.42 bits per heavy atom. The lowest BCUT2D eigenvalue weighted by molar-refractivity contribution is 0.0672. The highest BCUT2D eigenvalue weighted by molar-refractivity contribution is 9.10. The van der Waals surface area contributed by atoms with Crippen LogP contribution in [-0.2, 0) is 0 Å². The van der Waals surface area contributed by atoms with Gasteiger partial charge in [-0.1, -0.05) is 47.1 Å². The molecule has 0 saturated carbocycles. The molecule has 0 aliphatic rings. The summed E-state index contributed by atoms with van der Waals surface area (Å²) in [6, 6.07) is 22.1. The predicted octanol–water partition coefficient (Wildman–Crippen LogP) is 6.07. The highest BCUT2D eigenvalue weighted by atomic mass is 79.9. The number of carbonyl (C=O) groups is 1. The standard InChI is InChI=1S/C27H26BrN3O2/c1-4-24(30(5-2)26(32)19-13-15-20(28)16-14-19)25-29-23-12-7-6-11-22(23)27(33)31(25)21-10-8-9-18(3)17-21/h6-17,24H,4-5H2,1-3H3. The van der Waals surface area contributed by atoms with E-state index in [1.807, 2.05) is 87.5 Å². The highest BCUT2D eigenvalue weighted by Crippen LogP contribution is 2.27. The molecule has 0 aliphatic carbocycles. The van der Waals surface area contributed by atoms with Crippen LogP contribution in [0.1, 0.15) is 48.1 Å². The van der Waals surface area contributed by atoms with Gasteiger partial charge in [-0.3, -0.25) is 14.2 Å². The molecule has 0 fully saturated rings. The monoisotopic (exact) mass is 503 g/mol. The molecular weight excluding hydrogens is 478 g/mol. The number of aryl methyl sites for hydroxylation is 1. The van der Waals surface area contributed by atoms with Crippen molar-refractivity contribution in [3.8, 4) is 5.69 Å². The SMILES string of the molecule is CCC(c1nc2ccccc2c(=O)n1-c1cccc(C)c1)N(CC)C(=O)c1ccc(Br)cc1. The Kier molecular flexibility index (Phi) is 6.75. The lowest BCUT2D eigenvalue weighted by atomic mass is 10.1. The summed E-state index contributed by atoms with van der Waals surface area (Å²) >= 11 is 3.43. The van der Waals surface area contributed by atoms with Crippen LogP contribution < -0.4 is 5.56 Å². The van der Waals surface area contributed by atoms with Crippen LogP contribution in [0.15, 0.2) is 82.1 Å². The van der Waals surface area contributed by atoms with Crippen molar-refractivity contribution in [2.24, 2.45) is 0 Å². The third-order valence-corrected chi connectivity index (χ3v) is 6.34. The molecule has 168 valence electrons. The van der Waals surface area contributed by atoms with Crippen LogP contribution in [0.2, 0.25) is 0 Å². The molecule has 1 heterocycles. The molecule has 1 amide bonds. The molecule has 0 N–H and O–H groups in total. The van der Waals surface area contributed by atoms with Gasteiger partial charge in [-0.2, -0.15) is 0 Å². The Balaban J connectivity index is 1.93. The Bertz CT molecular complexity index is 1360. The van der Waals surface area contributed by atoms with Gasteiger partial charge in [0.25, 0.3) is 11.5 Å². The predicted molar refractivity (Wildman–Crippen MR) is 136 cm³/mol. The first-order valence-electron chi connectivity index (χ1n) is 11.1. The molecule has 3 aromatic carbocycles. The van der Waals surface area contributed by atoms with Gasteiger partial charge in [0.15, 0.2) is 0 Å². The van der Waals surface area contributed by atoms with Crippen molar-refractivity contribution in [3.05, 3.63) is 105 Å². The number of amides is 1. The van der Waals surface area contributed by atoms with Crippen LogP contribution in [0.4, 0.5) is 0 Å². The van der Waals surface area contributed by atoms with Crippen molar-refractivity contribution in [3.63, 3.8) is 0 Å². The van der Waals surface area contributed by atoms with E-state index in [0.717, 1.165) is 15.7 Å². The number of halogens is 1. The molecule has 0 aliphatic heterocycles. The average Bonchev–Trinajstić information content (AvgIpc) is 2.82. The smallest absolute Gasteiger partial charge is 0.266 e. The zero-order valence-corrected chi connectivity index (χ0v) is 20.5. The summed E-state index contributed by atoms with van der Waals surface area (Å²) in [7, 11) is 0. The summed E-state index contributed by atoms with van der Waals surface area (Å²) in [4.78, 5) is 33.9. The molecule has 1 atom stereocenters. The maximum absolute atomic E-state index is 13.7. The number of para-hydroxylation sites is 1. The van der Waals surface area contributed by atoms with Gasteiger partial charge < -0.3 is 4.90 Å². The maximum atomic E-state index is 13.7. The summed E-state index contributed by atoms with van der Waals surface area (Å²) in [5, 5.41) is 0.555. The van der Waals surface area contributed by atoms with E-state index < -0.39 is 0 Å². The fourth-order valence-corrected chi connectivity index (χ4v) is 4.46. The summed E-state index contributed by atoms with van der Waals surface area (Å²) in [6.45, 7) is 6.46. The normalized spacial score (nSPS) is 12.0. The minimum atomic E-state index is -0.371. The second kappa shape index (κ2) is 9.71. The van der Waals surface area contributed by atoms with Gasteiger partial charge >= 0.3 is 0 Å². The number of hydrogen-bond acceptors (Lipinski definition) is 3. The summed E-state index contributed by atoms with van der Waals surface area (Å²) in [6.07, 6.45) is 0.618. The molecule has 5 nitrogen and oxygen atoms in total. The van der Waals surface area contributed by atoms with E-state index in [-0.39, 0.29) is 17.5 Å². The first-order valence-corrected chi connectivity index (χ1v) is 11.9. The average molecular weight is 504 g/mol. The fraction of sp³-hybridized carbons (Fsp3) is 0.222. The minimum Gasteiger partial charge on any atom is -0.329 e. The quantitative estimate of drug-likeness (QED) is 0.320. The van der Waals surface area contributed by atoms with Crippen molar-refractivity contribution in [1.29, 1.82) is 0 Å². The Labute approximate surface area is 201 Å². The van der Waals surface area contributed by atoms with Crippen molar-refractivity contribution in [2.45, 2.75) is 33.2 Å². The largest absolute Gasteiger partial charge is 0.329 e. The van der Waals surface area contributed by atoms with Gasteiger partial charge in [0, 0.05) is 16.6 Å². The van der Waals surface area contributed by atoms with E-state index in [1.54, 1.807) is 15.5 Å². The lowest BCUT2D eigenvalue weighted by Gasteiger charge is -2.31. The molecule has 4 aromatic rings. The van der Waals surface area contributed by atoms with Crippen molar-refractivity contribution in [1.82, 2.24) is 14.5 Å². The zero-order valence-electron chi connectivity index (χ0n) is 19.0. The molecule has 0 saturated heterocycles. The van der Waals surface area contributed by atoms with Crippen LogP contribution in [0.5, 0.6) is 0 Å². The molecule has 0 spiro atoms. The second-order valence-corrected chi connectivity index (χ2v) is 8.90. The van der Waals surface area contributed by atoms with Gasteiger partial charge in [-0.25, -0.2) is 4.98 Å². The van der Waals surface area contributed by atoms with Crippen molar-refractivity contribution in [2.75, 3.05) is 6.54 Å².